The van der Waals surface area contributed by atoms with Crippen LogP contribution in [0.5, 0.6) is 11.5 Å². The zero-order valence-corrected chi connectivity index (χ0v) is 17.8. The Labute approximate surface area is 179 Å². The van der Waals surface area contributed by atoms with Crippen LogP contribution in [0.4, 0.5) is 4.39 Å². The minimum Gasteiger partial charge on any atom is -0.497 e. The molecule has 1 aromatic heterocycles. The Balaban J connectivity index is 1.67. The molecule has 0 saturated heterocycles. The molecule has 30 heavy (non-hydrogen) atoms. The van der Waals surface area contributed by atoms with Crippen LogP contribution in [0.15, 0.2) is 42.5 Å². The Morgan fingerprint density at radius 2 is 1.90 bits per heavy atom. The van der Waals surface area contributed by atoms with Gasteiger partial charge in [0.05, 0.1) is 32.0 Å². The molecular formula is C22H23ClFN3O3. The van der Waals surface area contributed by atoms with Gasteiger partial charge in [-0.2, -0.15) is 5.10 Å². The number of aromatic nitrogens is 2. The summed E-state index contributed by atoms with van der Waals surface area (Å²) in [7, 11) is 3.20. The highest BCUT2D eigenvalue weighted by Crippen LogP contribution is 2.24. The maximum absolute atomic E-state index is 13.1. The largest absolute Gasteiger partial charge is 0.497 e. The number of benzene rings is 2. The van der Waals surface area contributed by atoms with Crippen molar-refractivity contribution in [1.82, 2.24) is 15.1 Å². The molecule has 3 rings (SSSR count). The van der Waals surface area contributed by atoms with Gasteiger partial charge in [-0.1, -0.05) is 23.7 Å². The highest BCUT2D eigenvalue weighted by Gasteiger charge is 2.20. The summed E-state index contributed by atoms with van der Waals surface area (Å²) >= 11 is 6.42. The van der Waals surface area contributed by atoms with Crippen molar-refractivity contribution >= 4 is 17.5 Å². The number of nitrogens with zero attached hydrogens (tertiary/aromatic N) is 2. The number of hydrogen-bond donors (Lipinski definition) is 1. The summed E-state index contributed by atoms with van der Waals surface area (Å²) in [6.45, 7) is 2.46. The van der Waals surface area contributed by atoms with Crippen molar-refractivity contribution in [2.45, 2.75) is 19.9 Å². The van der Waals surface area contributed by atoms with Crippen molar-refractivity contribution in [3.63, 3.8) is 0 Å². The van der Waals surface area contributed by atoms with Crippen LogP contribution in [0.3, 0.4) is 0 Å². The normalized spacial score (nSPS) is 10.7. The lowest BCUT2D eigenvalue weighted by atomic mass is 10.1. The molecule has 1 heterocycles. The molecular weight excluding hydrogens is 409 g/mol. The Morgan fingerprint density at radius 1 is 1.17 bits per heavy atom. The molecule has 1 N–H and O–H groups in total. The number of carbonyl (C=O) groups is 1. The van der Waals surface area contributed by atoms with Gasteiger partial charge in [-0.15, -0.1) is 0 Å². The fourth-order valence-electron chi connectivity index (χ4n) is 3.16. The zero-order valence-electron chi connectivity index (χ0n) is 17.0. The number of ether oxygens (including phenoxy) is 2. The minimum atomic E-state index is -0.311. The summed E-state index contributed by atoms with van der Waals surface area (Å²) < 4.78 is 25.2. The number of hydrogen-bond acceptors (Lipinski definition) is 4. The third kappa shape index (κ3) is 4.91. The first-order chi connectivity index (χ1) is 14.4. The quantitative estimate of drug-likeness (QED) is 0.585. The summed E-state index contributed by atoms with van der Waals surface area (Å²) in [5.74, 6) is 0.836. The first-order valence-corrected chi connectivity index (χ1v) is 9.77. The van der Waals surface area contributed by atoms with Gasteiger partial charge in [-0.25, -0.2) is 9.07 Å². The van der Waals surface area contributed by atoms with Gasteiger partial charge >= 0.3 is 0 Å². The van der Waals surface area contributed by atoms with Gasteiger partial charge in [0, 0.05) is 6.54 Å². The second-order valence-corrected chi connectivity index (χ2v) is 7.08. The average Bonchev–Trinajstić information content (AvgIpc) is 3.02. The lowest BCUT2D eigenvalue weighted by molar-refractivity contribution is 0.0953. The van der Waals surface area contributed by atoms with Crippen molar-refractivity contribution in [2.75, 3.05) is 20.8 Å². The third-order valence-corrected chi connectivity index (χ3v) is 5.09. The van der Waals surface area contributed by atoms with Crippen LogP contribution in [0.1, 0.15) is 27.2 Å². The van der Waals surface area contributed by atoms with E-state index >= 15 is 0 Å². The average molecular weight is 432 g/mol. The minimum absolute atomic E-state index is 0.244. The summed E-state index contributed by atoms with van der Waals surface area (Å²) in [4.78, 5) is 12.7. The van der Waals surface area contributed by atoms with Crippen molar-refractivity contribution in [2.24, 2.45) is 0 Å². The van der Waals surface area contributed by atoms with E-state index in [9.17, 15) is 9.18 Å². The SMILES string of the molecule is COc1ccc(OC)c(CCNC(=O)c2c(C)nn(Cc3ccc(F)cc3)c2Cl)c1. The predicted octanol–water partition coefficient (Wildman–Crippen LogP) is 4.02. The van der Waals surface area contributed by atoms with Gasteiger partial charge in [0.2, 0.25) is 0 Å². The first-order valence-electron chi connectivity index (χ1n) is 9.39. The van der Waals surface area contributed by atoms with Gasteiger partial charge in [-0.05, 0) is 54.8 Å². The van der Waals surface area contributed by atoms with E-state index in [-0.39, 0.29) is 16.9 Å². The smallest absolute Gasteiger partial charge is 0.256 e. The maximum Gasteiger partial charge on any atom is 0.256 e. The fraction of sp³-hybridized carbons (Fsp3) is 0.273. The van der Waals surface area contributed by atoms with E-state index in [1.165, 1.54) is 16.8 Å². The molecule has 0 spiro atoms. The molecule has 0 fully saturated rings. The molecule has 0 saturated carbocycles. The lowest BCUT2D eigenvalue weighted by Gasteiger charge is -2.11. The Morgan fingerprint density at radius 3 is 2.57 bits per heavy atom. The van der Waals surface area contributed by atoms with E-state index in [4.69, 9.17) is 21.1 Å². The molecule has 3 aromatic rings. The van der Waals surface area contributed by atoms with Crippen LogP contribution in [0.25, 0.3) is 0 Å². The fourth-order valence-corrected chi connectivity index (χ4v) is 3.48. The Bertz CT molecular complexity index is 1030. The first kappa shape index (κ1) is 21.6. The van der Waals surface area contributed by atoms with Crippen molar-refractivity contribution < 1.29 is 18.7 Å². The predicted molar refractivity (Wildman–Crippen MR) is 113 cm³/mol. The van der Waals surface area contributed by atoms with E-state index in [1.807, 2.05) is 18.2 Å². The van der Waals surface area contributed by atoms with Crippen LogP contribution < -0.4 is 14.8 Å². The van der Waals surface area contributed by atoms with Crippen LogP contribution in [0, 0.1) is 12.7 Å². The lowest BCUT2D eigenvalue weighted by Crippen LogP contribution is -2.26. The molecule has 1 amide bonds. The zero-order chi connectivity index (χ0) is 21.7. The number of amides is 1. The molecule has 0 aliphatic heterocycles. The summed E-state index contributed by atoms with van der Waals surface area (Å²) in [6.07, 6.45) is 0.562. The number of aryl methyl sites for hydroxylation is 1. The second kappa shape index (κ2) is 9.63. The molecule has 158 valence electrons. The van der Waals surface area contributed by atoms with Crippen LogP contribution in [0.2, 0.25) is 5.15 Å². The van der Waals surface area contributed by atoms with E-state index in [0.29, 0.717) is 30.8 Å². The highest BCUT2D eigenvalue weighted by atomic mass is 35.5. The molecule has 6 nitrogen and oxygen atoms in total. The van der Waals surface area contributed by atoms with Gasteiger partial charge in [0.15, 0.2) is 0 Å². The van der Waals surface area contributed by atoms with E-state index in [0.717, 1.165) is 22.6 Å². The molecule has 0 aliphatic carbocycles. The molecule has 2 aromatic carbocycles. The van der Waals surface area contributed by atoms with Gasteiger partial charge in [-0.3, -0.25) is 4.79 Å². The van der Waals surface area contributed by atoms with Crippen molar-refractivity contribution in [1.29, 1.82) is 0 Å². The molecule has 0 unspecified atom stereocenters. The van der Waals surface area contributed by atoms with E-state index in [2.05, 4.69) is 10.4 Å². The van der Waals surface area contributed by atoms with E-state index in [1.54, 1.807) is 33.3 Å². The summed E-state index contributed by atoms with van der Waals surface area (Å²) in [5, 5.41) is 7.48. The molecule has 0 atom stereocenters. The number of methoxy groups -OCH3 is 2. The molecule has 0 bridgehead atoms. The molecule has 8 heteroatoms. The van der Waals surface area contributed by atoms with E-state index < -0.39 is 0 Å². The van der Waals surface area contributed by atoms with Crippen LogP contribution in [-0.2, 0) is 13.0 Å². The highest BCUT2D eigenvalue weighted by molar-refractivity contribution is 6.33. The maximum atomic E-state index is 13.1. The third-order valence-electron chi connectivity index (χ3n) is 4.71. The Hall–Kier alpha value is -3.06. The molecule has 0 aliphatic rings. The van der Waals surface area contributed by atoms with Gasteiger partial charge in [0.1, 0.15) is 22.5 Å². The second-order valence-electron chi connectivity index (χ2n) is 6.72. The van der Waals surface area contributed by atoms with Crippen LogP contribution in [-0.4, -0.2) is 36.5 Å². The standard InChI is InChI=1S/C22H23ClFN3O3/c1-14-20(21(23)27(26-14)13-15-4-6-17(24)7-5-15)22(28)25-11-10-16-12-18(29-2)8-9-19(16)30-3/h4-9,12H,10-11,13H2,1-3H3,(H,25,28). The topological polar surface area (TPSA) is 65.4 Å². The van der Waals surface area contributed by atoms with Gasteiger partial charge in [0.25, 0.3) is 5.91 Å². The number of rotatable bonds is 8. The summed E-state index contributed by atoms with van der Waals surface area (Å²) in [6, 6.07) is 11.6. The van der Waals surface area contributed by atoms with Crippen molar-refractivity contribution in [3.05, 3.63) is 75.8 Å². The number of halogens is 2. The number of nitrogens with one attached hydrogen (secondary N) is 1. The summed E-state index contributed by atoms with van der Waals surface area (Å²) in [5.41, 5.74) is 2.61. The van der Waals surface area contributed by atoms with Crippen LogP contribution >= 0.6 is 11.6 Å². The van der Waals surface area contributed by atoms with Crippen molar-refractivity contribution in [3.8, 4) is 11.5 Å². The van der Waals surface area contributed by atoms with Gasteiger partial charge < -0.3 is 14.8 Å². The Kier molecular flexibility index (Phi) is 6.95. The number of carbonyl (C=O) groups excluding carboxylic acids is 1. The molecule has 0 radical (unpaired) electrons. The monoisotopic (exact) mass is 431 g/mol.